The summed E-state index contributed by atoms with van der Waals surface area (Å²) in [4.78, 5) is 8.41. The zero-order valence-electron chi connectivity index (χ0n) is 16.8. The van der Waals surface area contributed by atoms with E-state index in [1.807, 2.05) is 0 Å². The van der Waals surface area contributed by atoms with E-state index in [1.54, 1.807) is 61.7 Å². The molecule has 4 heterocycles. The number of pyridine rings is 2. The summed E-state index contributed by atoms with van der Waals surface area (Å²) in [5.74, 6) is 0.226. The van der Waals surface area contributed by atoms with Crippen LogP contribution in [0.15, 0.2) is 72.0 Å². The molecule has 1 N–H and O–H groups in total. The number of nitrogens with zero attached hydrogens (tertiary/aromatic N) is 3. The molecule has 2 atom stereocenters. The van der Waals surface area contributed by atoms with Gasteiger partial charge in [0.25, 0.3) is 10.0 Å². The van der Waals surface area contributed by atoms with Crippen LogP contribution in [0.25, 0.3) is 10.9 Å². The van der Waals surface area contributed by atoms with Crippen LogP contribution in [0.3, 0.4) is 0 Å². The Labute approximate surface area is 178 Å². The van der Waals surface area contributed by atoms with Gasteiger partial charge in [-0.25, -0.2) is 17.4 Å². The Morgan fingerprint density at radius 3 is 2.68 bits per heavy atom. The molecule has 3 aromatic heterocycles. The van der Waals surface area contributed by atoms with Crippen molar-refractivity contribution in [2.75, 3.05) is 7.11 Å². The number of aliphatic hydroxyl groups is 1. The average molecular weight is 437 g/mol. The molecule has 0 saturated carbocycles. The third-order valence-electron chi connectivity index (χ3n) is 5.58. The smallest absolute Gasteiger partial charge is 0.268 e. The Hall–Kier alpha value is -3.27. The minimum atomic E-state index is -3.98. The van der Waals surface area contributed by atoms with Gasteiger partial charge < -0.3 is 14.6 Å². The fourth-order valence-corrected chi connectivity index (χ4v) is 5.76. The minimum absolute atomic E-state index is 0.139. The molecular weight excluding hydrogens is 418 g/mol. The van der Waals surface area contributed by atoms with Crippen molar-refractivity contribution in [2.45, 2.75) is 23.7 Å². The second kappa shape index (κ2) is 6.88. The highest BCUT2D eigenvalue weighted by Crippen LogP contribution is 2.50. The van der Waals surface area contributed by atoms with Gasteiger partial charge in [-0.05, 0) is 37.3 Å². The summed E-state index contributed by atoms with van der Waals surface area (Å²) in [5.41, 5.74) is 0.464. The number of fused-ring (bicyclic) bond motifs is 2. The number of hydrogen-bond acceptors (Lipinski definition) is 7. The van der Waals surface area contributed by atoms with Gasteiger partial charge in [-0.1, -0.05) is 18.2 Å². The maximum absolute atomic E-state index is 13.7. The van der Waals surface area contributed by atoms with Gasteiger partial charge in [0.15, 0.2) is 6.29 Å². The summed E-state index contributed by atoms with van der Waals surface area (Å²) in [7, 11) is -2.53. The van der Waals surface area contributed by atoms with E-state index in [2.05, 4.69) is 9.97 Å². The van der Waals surface area contributed by atoms with Crippen molar-refractivity contribution in [3.05, 3.63) is 83.9 Å². The van der Waals surface area contributed by atoms with Crippen molar-refractivity contribution in [2.24, 2.45) is 0 Å². The number of benzene rings is 1. The highest BCUT2D eigenvalue weighted by atomic mass is 32.2. The van der Waals surface area contributed by atoms with Crippen LogP contribution in [0.5, 0.6) is 5.88 Å². The molecule has 0 saturated heterocycles. The molecule has 8 nitrogen and oxygen atoms in total. The van der Waals surface area contributed by atoms with Crippen LogP contribution in [0.2, 0.25) is 0 Å². The summed E-state index contributed by atoms with van der Waals surface area (Å²) < 4.78 is 40.0. The average Bonchev–Trinajstić information content (AvgIpc) is 3.31. The number of aliphatic hydroxyl groups excluding tert-OH is 1. The maximum atomic E-state index is 13.7. The maximum Gasteiger partial charge on any atom is 0.268 e. The van der Waals surface area contributed by atoms with Crippen LogP contribution in [-0.2, 0) is 20.4 Å². The molecule has 0 aliphatic carbocycles. The first-order chi connectivity index (χ1) is 14.9. The first kappa shape index (κ1) is 19.7. The lowest BCUT2D eigenvalue weighted by molar-refractivity contribution is -0.150. The Morgan fingerprint density at radius 2 is 1.94 bits per heavy atom. The quantitative estimate of drug-likeness (QED) is 0.523. The minimum Gasteiger partial charge on any atom is -0.481 e. The first-order valence-electron chi connectivity index (χ1n) is 9.54. The molecule has 0 fully saturated rings. The number of ether oxygens (including phenoxy) is 2. The van der Waals surface area contributed by atoms with Crippen LogP contribution >= 0.6 is 0 Å². The van der Waals surface area contributed by atoms with Crippen LogP contribution in [0.1, 0.15) is 30.0 Å². The SMILES string of the molecule is COc1nccc2c1C(O)OC2(C)c1cc2cnccc2n1S(=O)(=O)c1ccccc1. The predicted octanol–water partition coefficient (Wildman–Crippen LogP) is 2.96. The zero-order chi connectivity index (χ0) is 21.8. The van der Waals surface area contributed by atoms with Gasteiger partial charge in [0.2, 0.25) is 5.88 Å². The van der Waals surface area contributed by atoms with Crippen LogP contribution < -0.4 is 4.74 Å². The fraction of sp³-hybridized carbons (Fsp3) is 0.182. The topological polar surface area (TPSA) is 104 Å². The normalized spacial score (nSPS) is 20.7. The molecule has 0 spiro atoms. The molecule has 1 aromatic carbocycles. The third-order valence-corrected chi connectivity index (χ3v) is 7.33. The number of methoxy groups -OCH3 is 1. The molecule has 158 valence electrons. The number of hydrogen-bond donors (Lipinski definition) is 1. The highest BCUT2D eigenvalue weighted by molar-refractivity contribution is 7.90. The molecule has 0 amide bonds. The summed E-state index contributed by atoms with van der Waals surface area (Å²) in [5, 5.41) is 11.3. The van der Waals surface area contributed by atoms with Crippen molar-refractivity contribution >= 4 is 20.9 Å². The molecule has 9 heteroatoms. The first-order valence-corrected chi connectivity index (χ1v) is 11.0. The van der Waals surface area contributed by atoms with Crippen molar-refractivity contribution in [3.63, 3.8) is 0 Å². The molecule has 4 aromatic rings. The summed E-state index contributed by atoms with van der Waals surface area (Å²) in [6.45, 7) is 1.72. The standard InChI is InChI=1S/C22H19N3O5S/c1-22(16-8-11-24-20(29-2)19(16)21(26)30-22)18-12-14-13-23-10-9-17(14)25(18)31(27,28)15-6-4-3-5-7-15/h3-13,21,26H,1-2H3. The summed E-state index contributed by atoms with van der Waals surface area (Å²) in [6, 6.07) is 13.2. The zero-order valence-corrected chi connectivity index (χ0v) is 17.6. The van der Waals surface area contributed by atoms with Gasteiger partial charge in [-0.2, -0.15) is 0 Å². The second-order valence-corrected chi connectivity index (χ2v) is 9.12. The van der Waals surface area contributed by atoms with Gasteiger partial charge in [-0.15, -0.1) is 0 Å². The van der Waals surface area contributed by atoms with Gasteiger partial charge in [-0.3, -0.25) is 4.98 Å². The van der Waals surface area contributed by atoms with Crippen molar-refractivity contribution < 1.29 is 23.0 Å². The van der Waals surface area contributed by atoms with Gasteiger partial charge >= 0.3 is 0 Å². The lowest BCUT2D eigenvalue weighted by atomic mass is 9.92. The van der Waals surface area contributed by atoms with Crippen molar-refractivity contribution in [1.82, 2.24) is 13.9 Å². The van der Waals surface area contributed by atoms with E-state index in [9.17, 15) is 13.5 Å². The summed E-state index contributed by atoms with van der Waals surface area (Å²) >= 11 is 0. The molecule has 1 aliphatic heterocycles. The van der Waals surface area contributed by atoms with Crippen molar-refractivity contribution in [3.8, 4) is 5.88 Å². The lowest BCUT2D eigenvalue weighted by Gasteiger charge is -2.27. The van der Waals surface area contributed by atoms with Gasteiger partial charge in [0.05, 0.1) is 28.8 Å². The van der Waals surface area contributed by atoms with Crippen molar-refractivity contribution in [1.29, 1.82) is 0 Å². The monoisotopic (exact) mass is 437 g/mol. The largest absolute Gasteiger partial charge is 0.481 e. The van der Waals surface area contributed by atoms with E-state index < -0.39 is 21.9 Å². The summed E-state index contributed by atoms with van der Waals surface area (Å²) in [6.07, 6.45) is 3.35. The predicted molar refractivity (Wildman–Crippen MR) is 112 cm³/mol. The number of aromatic nitrogens is 3. The van der Waals surface area contributed by atoms with Gasteiger partial charge in [0, 0.05) is 29.5 Å². The molecule has 0 bridgehead atoms. The van der Waals surface area contributed by atoms with Crippen LogP contribution in [0, 0.1) is 0 Å². The van der Waals surface area contributed by atoms with Crippen LogP contribution in [0.4, 0.5) is 0 Å². The Balaban J connectivity index is 1.84. The Kier molecular flexibility index (Phi) is 4.37. The van der Waals surface area contributed by atoms with E-state index in [0.717, 1.165) is 0 Å². The van der Waals surface area contributed by atoms with E-state index in [-0.39, 0.29) is 10.8 Å². The fourth-order valence-electron chi connectivity index (χ4n) is 4.13. The molecule has 1 aliphatic rings. The molecule has 0 radical (unpaired) electrons. The molecular formula is C22H19N3O5S. The second-order valence-electron chi connectivity index (χ2n) is 7.33. The number of rotatable bonds is 4. The molecule has 2 unspecified atom stereocenters. The Morgan fingerprint density at radius 1 is 1.16 bits per heavy atom. The Bertz CT molecular complexity index is 1400. The van der Waals surface area contributed by atoms with E-state index in [1.165, 1.54) is 23.5 Å². The van der Waals surface area contributed by atoms with E-state index in [4.69, 9.17) is 9.47 Å². The van der Waals surface area contributed by atoms with Crippen LogP contribution in [-0.4, -0.2) is 34.6 Å². The van der Waals surface area contributed by atoms with E-state index >= 15 is 0 Å². The molecule has 31 heavy (non-hydrogen) atoms. The van der Waals surface area contributed by atoms with Gasteiger partial charge in [0.1, 0.15) is 5.60 Å². The highest BCUT2D eigenvalue weighted by Gasteiger charge is 2.47. The lowest BCUT2D eigenvalue weighted by Crippen LogP contribution is -2.29. The van der Waals surface area contributed by atoms with E-state index in [0.29, 0.717) is 27.7 Å². The third kappa shape index (κ3) is 2.78. The molecule has 5 rings (SSSR count).